The van der Waals surface area contributed by atoms with Gasteiger partial charge in [0.15, 0.2) is 5.78 Å². The quantitative estimate of drug-likeness (QED) is 0.854. The normalized spacial score (nSPS) is 18.3. The third kappa shape index (κ3) is 3.14. The first-order valence-corrected chi connectivity index (χ1v) is 6.55. The SMILES string of the molecule is COC1(C(=O)Cc2ccc(F)c(Cl)c2)CCOCC1. The molecule has 1 aromatic rings. The molecule has 1 heterocycles. The van der Waals surface area contributed by atoms with Crippen LogP contribution in [0.4, 0.5) is 4.39 Å². The van der Waals surface area contributed by atoms with Gasteiger partial charge in [-0.25, -0.2) is 4.39 Å². The van der Waals surface area contributed by atoms with Crippen molar-refractivity contribution in [3.05, 3.63) is 34.6 Å². The van der Waals surface area contributed by atoms with Gasteiger partial charge in [0.1, 0.15) is 11.4 Å². The molecule has 2 rings (SSSR count). The number of rotatable bonds is 4. The first-order chi connectivity index (χ1) is 9.07. The molecule has 1 saturated heterocycles. The Balaban J connectivity index is 2.12. The lowest BCUT2D eigenvalue weighted by Gasteiger charge is -2.34. The van der Waals surface area contributed by atoms with E-state index in [0.717, 1.165) is 0 Å². The number of methoxy groups -OCH3 is 1. The molecule has 0 N–H and O–H groups in total. The molecule has 19 heavy (non-hydrogen) atoms. The van der Waals surface area contributed by atoms with Crippen LogP contribution in [0, 0.1) is 5.82 Å². The van der Waals surface area contributed by atoms with Gasteiger partial charge >= 0.3 is 0 Å². The van der Waals surface area contributed by atoms with Gasteiger partial charge in [-0.15, -0.1) is 0 Å². The molecule has 1 aliphatic heterocycles. The zero-order chi connectivity index (χ0) is 13.9. The molecule has 0 spiro atoms. The molecule has 1 aliphatic rings. The van der Waals surface area contributed by atoms with Crippen molar-refractivity contribution in [2.45, 2.75) is 24.9 Å². The van der Waals surface area contributed by atoms with Crippen LogP contribution in [0.5, 0.6) is 0 Å². The van der Waals surface area contributed by atoms with E-state index < -0.39 is 11.4 Å². The van der Waals surface area contributed by atoms with Crippen molar-refractivity contribution in [3.8, 4) is 0 Å². The minimum Gasteiger partial charge on any atom is -0.381 e. The average Bonchev–Trinajstić information content (AvgIpc) is 2.43. The van der Waals surface area contributed by atoms with Crippen LogP contribution >= 0.6 is 11.6 Å². The maximum atomic E-state index is 13.1. The lowest BCUT2D eigenvalue weighted by molar-refractivity contribution is -0.151. The first kappa shape index (κ1) is 14.4. The highest BCUT2D eigenvalue weighted by atomic mass is 35.5. The van der Waals surface area contributed by atoms with Crippen LogP contribution in [-0.2, 0) is 20.7 Å². The fourth-order valence-corrected chi connectivity index (χ4v) is 2.50. The maximum absolute atomic E-state index is 13.1. The highest BCUT2D eigenvalue weighted by Crippen LogP contribution is 2.27. The Labute approximate surface area is 116 Å². The summed E-state index contributed by atoms with van der Waals surface area (Å²) in [5.74, 6) is -0.494. The number of carbonyl (C=O) groups excluding carboxylic acids is 1. The monoisotopic (exact) mass is 286 g/mol. The lowest BCUT2D eigenvalue weighted by atomic mass is 9.86. The van der Waals surface area contributed by atoms with E-state index in [1.54, 1.807) is 13.2 Å². The molecule has 0 unspecified atom stereocenters. The molecule has 3 nitrogen and oxygen atoms in total. The number of benzene rings is 1. The highest BCUT2D eigenvalue weighted by Gasteiger charge is 2.39. The predicted molar refractivity (Wildman–Crippen MR) is 69.9 cm³/mol. The van der Waals surface area contributed by atoms with Crippen LogP contribution in [0.2, 0.25) is 5.02 Å². The number of hydrogen-bond donors (Lipinski definition) is 0. The van der Waals surface area contributed by atoms with Gasteiger partial charge in [0, 0.05) is 39.6 Å². The molecule has 0 bridgehead atoms. The van der Waals surface area contributed by atoms with E-state index in [1.807, 2.05) is 0 Å². The fraction of sp³-hybridized carbons (Fsp3) is 0.500. The molecule has 0 aliphatic carbocycles. The minimum absolute atomic E-state index is 0.0130. The molecular weight excluding hydrogens is 271 g/mol. The molecule has 1 aromatic carbocycles. The Bertz CT molecular complexity index is 470. The fourth-order valence-electron chi connectivity index (χ4n) is 2.29. The molecule has 0 saturated carbocycles. The van der Waals surface area contributed by atoms with E-state index in [4.69, 9.17) is 21.1 Å². The van der Waals surface area contributed by atoms with Gasteiger partial charge in [-0.05, 0) is 17.7 Å². The standard InChI is InChI=1S/C14H16ClFO3/c1-18-14(4-6-19-7-5-14)13(17)9-10-2-3-12(16)11(15)8-10/h2-3,8H,4-7,9H2,1H3. The van der Waals surface area contributed by atoms with Gasteiger partial charge in [-0.2, -0.15) is 0 Å². The van der Waals surface area contributed by atoms with Crippen molar-refractivity contribution < 1.29 is 18.7 Å². The zero-order valence-electron chi connectivity index (χ0n) is 10.7. The van der Waals surface area contributed by atoms with E-state index in [9.17, 15) is 9.18 Å². The van der Waals surface area contributed by atoms with E-state index in [1.165, 1.54) is 12.1 Å². The number of carbonyl (C=O) groups is 1. The third-order valence-corrected chi connectivity index (χ3v) is 3.84. The van der Waals surface area contributed by atoms with Gasteiger partial charge < -0.3 is 9.47 Å². The van der Waals surface area contributed by atoms with Crippen LogP contribution in [-0.4, -0.2) is 31.7 Å². The average molecular weight is 287 g/mol. The zero-order valence-corrected chi connectivity index (χ0v) is 11.5. The molecule has 0 amide bonds. The number of ether oxygens (including phenoxy) is 2. The Morgan fingerprint density at radius 3 is 2.74 bits per heavy atom. The summed E-state index contributed by atoms with van der Waals surface area (Å²) in [5.41, 5.74) is -0.0848. The highest BCUT2D eigenvalue weighted by molar-refractivity contribution is 6.30. The summed E-state index contributed by atoms with van der Waals surface area (Å²) in [6.45, 7) is 1.04. The van der Waals surface area contributed by atoms with Gasteiger partial charge in [-0.1, -0.05) is 17.7 Å². The van der Waals surface area contributed by atoms with E-state index in [0.29, 0.717) is 31.6 Å². The summed E-state index contributed by atoms with van der Waals surface area (Å²) in [4.78, 5) is 12.4. The molecule has 104 valence electrons. The molecule has 0 atom stereocenters. The van der Waals surface area contributed by atoms with Gasteiger partial charge in [0.2, 0.25) is 0 Å². The van der Waals surface area contributed by atoms with Crippen molar-refractivity contribution in [2.75, 3.05) is 20.3 Å². The van der Waals surface area contributed by atoms with Crippen molar-refractivity contribution >= 4 is 17.4 Å². The molecule has 1 fully saturated rings. The van der Waals surface area contributed by atoms with Gasteiger partial charge in [0.25, 0.3) is 0 Å². The van der Waals surface area contributed by atoms with Crippen molar-refractivity contribution in [1.82, 2.24) is 0 Å². The number of ketones is 1. The van der Waals surface area contributed by atoms with Crippen molar-refractivity contribution in [1.29, 1.82) is 0 Å². The number of Topliss-reactive ketones (excluding diaryl/α,β-unsaturated/α-hetero) is 1. The Hall–Kier alpha value is -0.970. The van der Waals surface area contributed by atoms with Crippen LogP contribution < -0.4 is 0 Å². The second-order valence-electron chi connectivity index (χ2n) is 4.66. The van der Waals surface area contributed by atoms with Crippen LogP contribution in [0.25, 0.3) is 0 Å². The minimum atomic E-state index is -0.779. The van der Waals surface area contributed by atoms with Gasteiger partial charge in [-0.3, -0.25) is 4.79 Å². The van der Waals surface area contributed by atoms with E-state index in [2.05, 4.69) is 0 Å². The van der Waals surface area contributed by atoms with Crippen molar-refractivity contribution in [2.24, 2.45) is 0 Å². The van der Waals surface area contributed by atoms with E-state index >= 15 is 0 Å². The molecule has 0 radical (unpaired) electrons. The molecular formula is C14H16ClFO3. The largest absolute Gasteiger partial charge is 0.381 e. The predicted octanol–water partition coefficient (Wildman–Crippen LogP) is 2.79. The second-order valence-corrected chi connectivity index (χ2v) is 5.07. The summed E-state index contributed by atoms with van der Waals surface area (Å²) in [6, 6.07) is 4.33. The number of hydrogen-bond acceptors (Lipinski definition) is 3. The summed E-state index contributed by atoms with van der Waals surface area (Å²) < 4.78 is 23.8. The lowest BCUT2D eigenvalue weighted by Crippen LogP contribution is -2.46. The van der Waals surface area contributed by atoms with Crippen molar-refractivity contribution in [3.63, 3.8) is 0 Å². The van der Waals surface area contributed by atoms with Crippen LogP contribution in [0.15, 0.2) is 18.2 Å². The molecule has 5 heteroatoms. The van der Waals surface area contributed by atoms with Gasteiger partial charge in [0.05, 0.1) is 5.02 Å². The molecule has 0 aromatic heterocycles. The topological polar surface area (TPSA) is 35.5 Å². The smallest absolute Gasteiger partial charge is 0.169 e. The summed E-state index contributed by atoms with van der Waals surface area (Å²) in [5, 5.41) is 0.0312. The third-order valence-electron chi connectivity index (χ3n) is 3.55. The number of halogens is 2. The Morgan fingerprint density at radius 1 is 1.47 bits per heavy atom. The van der Waals surface area contributed by atoms with E-state index in [-0.39, 0.29) is 17.2 Å². The summed E-state index contributed by atoms with van der Waals surface area (Å²) >= 11 is 5.71. The van der Waals surface area contributed by atoms with Crippen LogP contribution in [0.3, 0.4) is 0 Å². The summed E-state index contributed by atoms with van der Waals surface area (Å²) in [7, 11) is 1.54. The Morgan fingerprint density at radius 2 is 2.16 bits per heavy atom. The summed E-state index contributed by atoms with van der Waals surface area (Å²) in [6.07, 6.45) is 1.29. The van der Waals surface area contributed by atoms with Crippen LogP contribution in [0.1, 0.15) is 18.4 Å². The first-order valence-electron chi connectivity index (χ1n) is 6.17. The second kappa shape index (κ2) is 5.99. The maximum Gasteiger partial charge on any atom is 0.169 e. The Kier molecular flexibility index (Phi) is 4.55.